The molecule has 7 heteroatoms. The highest BCUT2D eigenvalue weighted by atomic mass is 19.1. The van der Waals surface area contributed by atoms with Crippen LogP contribution < -0.4 is 4.90 Å². The maximum Gasteiger partial charge on any atom is 0.359 e. The Morgan fingerprint density at radius 3 is 2.35 bits per heavy atom. The van der Waals surface area contributed by atoms with Crippen molar-refractivity contribution < 1.29 is 18.7 Å². The van der Waals surface area contributed by atoms with Gasteiger partial charge in [0, 0.05) is 5.56 Å². The summed E-state index contributed by atoms with van der Waals surface area (Å²) in [4.78, 5) is 32.5. The van der Waals surface area contributed by atoms with Gasteiger partial charge in [-0.15, -0.1) is 0 Å². The fourth-order valence-electron chi connectivity index (χ4n) is 3.97. The van der Waals surface area contributed by atoms with Gasteiger partial charge in [-0.1, -0.05) is 18.2 Å². The number of benzene rings is 2. The molecule has 160 valence electrons. The zero-order valence-electron chi connectivity index (χ0n) is 18.1. The Kier molecular flexibility index (Phi) is 4.72. The van der Waals surface area contributed by atoms with Crippen molar-refractivity contribution in [2.45, 2.75) is 45.8 Å². The molecule has 0 N–H and O–H groups in total. The van der Waals surface area contributed by atoms with Crippen LogP contribution in [0.15, 0.2) is 54.9 Å². The molecule has 1 aliphatic heterocycles. The fraction of sp³-hybridized carbons (Fsp3) is 0.292. The monoisotopic (exact) mass is 421 g/mol. The number of nitrogens with zero attached hydrogens (tertiary/aromatic N) is 3. The summed E-state index contributed by atoms with van der Waals surface area (Å²) in [6.45, 7) is 9.03. The van der Waals surface area contributed by atoms with Gasteiger partial charge in [0.2, 0.25) is 0 Å². The van der Waals surface area contributed by atoms with E-state index < -0.39 is 22.9 Å². The van der Waals surface area contributed by atoms with Crippen LogP contribution in [-0.4, -0.2) is 27.0 Å². The van der Waals surface area contributed by atoms with E-state index in [0.717, 1.165) is 0 Å². The summed E-state index contributed by atoms with van der Waals surface area (Å²) in [6.07, 6.45) is 1.57. The Bertz CT molecular complexity index is 1190. The lowest BCUT2D eigenvalue weighted by Crippen LogP contribution is -2.50. The molecular formula is C24H24FN3O3. The summed E-state index contributed by atoms with van der Waals surface area (Å²) in [5.74, 6) is -1.43. The predicted octanol–water partition coefficient (Wildman–Crippen LogP) is 4.86. The smallest absolute Gasteiger partial charge is 0.359 e. The van der Waals surface area contributed by atoms with Gasteiger partial charge in [-0.2, -0.15) is 0 Å². The molecule has 2 heterocycles. The van der Waals surface area contributed by atoms with E-state index >= 15 is 0 Å². The molecule has 31 heavy (non-hydrogen) atoms. The first-order valence-corrected chi connectivity index (χ1v) is 10.0. The van der Waals surface area contributed by atoms with Crippen molar-refractivity contribution in [2.75, 3.05) is 4.90 Å². The van der Waals surface area contributed by atoms with Crippen molar-refractivity contribution in [2.24, 2.45) is 0 Å². The quantitative estimate of drug-likeness (QED) is 0.554. The molecule has 0 saturated carbocycles. The Morgan fingerprint density at radius 1 is 1.03 bits per heavy atom. The molecule has 0 bridgehead atoms. The van der Waals surface area contributed by atoms with Crippen molar-refractivity contribution in [1.82, 2.24) is 9.55 Å². The van der Waals surface area contributed by atoms with Gasteiger partial charge in [-0.05, 0) is 65.0 Å². The van der Waals surface area contributed by atoms with Gasteiger partial charge >= 0.3 is 5.97 Å². The Labute approximate surface area is 180 Å². The van der Waals surface area contributed by atoms with Crippen molar-refractivity contribution in [3.63, 3.8) is 0 Å². The Hall–Kier alpha value is -3.48. The third kappa shape index (κ3) is 3.50. The zero-order chi connectivity index (χ0) is 22.6. The molecule has 3 aromatic rings. The largest absolute Gasteiger partial charge is 0.455 e. The summed E-state index contributed by atoms with van der Waals surface area (Å²) >= 11 is 0. The first kappa shape index (κ1) is 20.8. The van der Waals surface area contributed by atoms with E-state index in [1.54, 1.807) is 38.1 Å². The molecule has 0 aliphatic carbocycles. The van der Waals surface area contributed by atoms with Crippen LogP contribution >= 0.6 is 0 Å². The average molecular weight is 421 g/mol. The number of rotatable bonds is 2. The predicted molar refractivity (Wildman–Crippen MR) is 115 cm³/mol. The number of hydrogen-bond donors (Lipinski definition) is 0. The highest BCUT2D eigenvalue weighted by Crippen LogP contribution is 2.44. The number of halogens is 1. The van der Waals surface area contributed by atoms with Gasteiger partial charge in [0.25, 0.3) is 5.91 Å². The molecule has 0 fully saturated rings. The van der Waals surface area contributed by atoms with Gasteiger partial charge in [-0.3, -0.25) is 14.3 Å². The first-order valence-electron chi connectivity index (χ1n) is 10.0. The minimum absolute atomic E-state index is 0.145. The van der Waals surface area contributed by atoms with E-state index in [1.165, 1.54) is 18.2 Å². The number of aromatic nitrogens is 2. The molecule has 0 radical (unpaired) electrons. The van der Waals surface area contributed by atoms with Crippen LogP contribution in [0.25, 0.3) is 5.69 Å². The first-order chi connectivity index (χ1) is 14.5. The van der Waals surface area contributed by atoms with E-state index in [9.17, 15) is 14.0 Å². The van der Waals surface area contributed by atoms with Crippen LogP contribution in [-0.2, 0) is 10.3 Å². The van der Waals surface area contributed by atoms with Crippen LogP contribution in [0.2, 0.25) is 0 Å². The Morgan fingerprint density at radius 2 is 1.71 bits per heavy atom. The molecule has 4 rings (SSSR count). The topological polar surface area (TPSA) is 64.4 Å². The number of fused-ring (bicyclic) bond motifs is 3. The summed E-state index contributed by atoms with van der Waals surface area (Å²) in [5.41, 5.74) is 0.569. The second-order valence-electron chi connectivity index (χ2n) is 9.01. The van der Waals surface area contributed by atoms with Crippen LogP contribution in [0.5, 0.6) is 0 Å². The number of para-hydroxylation sites is 2. The number of carbonyl (C=O) groups is 2. The maximum atomic E-state index is 13.9. The molecule has 6 nitrogen and oxygen atoms in total. The zero-order valence-corrected chi connectivity index (χ0v) is 18.1. The van der Waals surface area contributed by atoms with Crippen LogP contribution in [0.1, 0.15) is 61.2 Å². The standard InChI is InChI=1S/C24H24FN3O3/c1-23(2,3)31-22(30)19-20-24(4,5)28(21(29)15-9-8-10-16(25)13-15)18-12-7-6-11-17(18)27(20)14-26-19/h6-14H,1-5H3. The number of carbonyl (C=O) groups excluding carboxylic acids is 2. The van der Waals surface area contributed by atoms with E-state index in [4.69, 9.17) is 4.74 Å². The lowest BCUT2D eigenvalue weighted by molar-refractivity contribution is 0.00598. The number of amides is 1. The summed E-state index contributed by atoms with van der Waals surface area (Å²) in [6, 6.07) is 12.9. The maximum absolute atomic E-state index is 13.9. The molecule has 1 aliphatic rings. The van der Waals surface area contributed by atoms with E-state index in [1.807, 2.05) is 42.7 Å². The summed E-state index contributed by atoms with van der Waals surface area (Å²) in [7, 11) is 0. The third-order valence-electron chi connectivity index (χ3n) is 5.16. The molecule has 0 spiro atoms. The van der Waals surface area contributed by atoms with Crippen molar-refractivity contribution >= 4 is 17.6 Å². The van der Waals surface area contributed by atoms with Crippen molar-refractivity contribution in [1.29, 1.82) is 0 Å². The number of anilines is 1. The van der Waals surface area contributed by atoms with Crippen molar-refractivity contribution in [3.8, 4) is 5.69 Å². The van der Waals surface area contributed by atoms with Gasteiger partial charge in [0.05, 0.1) is 22.6 Å². The van der Waals surface area contributed by atoms with Gasteiger partial charge in [-0.25, -0.2) is 14.2 Å². The molecule has 0 unspecified atom stereocenters. The van der Waals surface area contributed by atoms with Crippen LogP contribution in [0.4, 0.5) is 10.1 Å². The molecule has 1 amide bonds. The minimum atomic E-state index is -0.972. The number of hydrogen-bond acceptors (Lipinski definition) is 4. The van der Waals surface area contributed by atoms with E-state index in [2.05, 4.69) is 4.98 Å². The average Bonchev–Trinajstić information content (AvgIpc) is 3.13. The van der Waals surface area contributed by atoms with Crippen LogP contribution in [0.3, 0.4) is 0 Å². The third-order valence-corrected chi connectivity index (χ3v) is 5.16. The molecule has 0 atom stereocenters. The van der Waals surface area contributed by atoms with Crippen molar-refractivity contribution in [3.05, 3.63) is 77.6 Å². The molecule has 1 aromatic heterocycles. The lowest BCUT2D eigenvalue weighted by Gasteiger charge is -2.44. The van der Waals surface area contributed by atoms with E-state index in [-0.39, 0.29) is 17.2 Å². The Balaban J connectivity index is 1.91. The normalized spacial score (nSPS) is 14.6. The number of imidazole rings is 1. The molecular weight excluding hydrogens is 397 g/mol. The van der Waals surface area contributed by atoms with Crippen LogP contribution in [0, 0.1) is 5.82 Å². The molecule has 0 saturated heterocycles. The second-order valence-corrected chi connectivity index (χ2v) is 9.01. The highest BCUT2D eigenvalue weighted by molar-refractivity contribution is 6.09. The van der Waals surface area contributed by atoms with Gasteiger partial charge in [0.15, 0.2) is 5.69 Å². The fourth-order valence-corrected chi connectivity index (χ4v) is 3.97. The summed E-state index contributed by atoms with van der Waals surface area (Å²) in [5, 5.41) is 0. The summed E-state index contributed by atoms with van der Waals surface area (Å²) < 4.78 is 21.2. The minimum Gasteiger partial charge on any atom is -0.455 e. The number of ether oxygens (including phenoxy) is 1. The highest BCUT2D eigenvalue weighted by Gasteiger charge is 2.45. The van der Waals surface area contributed by atoms with Gasteiger partial charge in [0.1, 0.15) is 17.7 Å². The lowest BCUT2D eigenvalue weighted by atomic mass is 9.90. The SMILES string of the molecule is CC(C)(C)OC(=O)c1ncn2c1C(C)(C)N(C(=O)c1cccc(F)c1)c1ccccc1-2. The van der Waals surface area contributed by atoms with Gasteiger partial charge < -0.3 is 4.74 Å². The van der Waals surface area contributed by atoms with E-state index in [0.29, 0.717) is 17.1 Å². The second kappa shape index (κ2) is 7.04. The number of esters is 1. The molecule has 2 aromatic carbocycles.